The number of carbonyl (C=O) groups is 2. The SMILES string of the molecule is O=C(O)c1ccccc1C(=O)O.[Li]. The fourth-order valence-electron chi connectivity index (χ4n) is 0.856. The Hall–Kier alpha value is -1.24. The monoisotopic (exact) mass is 173 g/mol. The molecule has 0 saturated heterocycles. The maximum absolute atomic E-state index is 10.5. The molecular formula is C8H6LiO4. The van der Waals surface area contributed by atoms with E-state index in [1.165, 1.54) is 24.3 Å². The summed E-state index contributed by atoms with van der Waals surface area (Å²) in [5, 5.41) is 17.1. The molecule has 5 heteroatoms. The Bertz CT molecular complexity index is 302. The van der Waals surface area contributed by atoms with Crippen molar-refractivity contribution in [3.8, 4) is 0 Å². The van der Waals surface area contributed by atoms with Crippen LogP contribution in [0.25, 0.3) is 0 Å². The van der Waals surface area contributed by atoms with E-state index in [-0.39, 0.29) is 30.0 Å². The fourth-order valence-corrected chi connectivity index (χ4v) is 0.856. The van der Waals surface area contributed by atoms with Gasteiger partial charge in [0.2, 0.25) is 0 Å². The standard InChI is InChI=1S/C8H6O4.Li/c9-7(10)5-3-1-2-4-6(5)8(11)12;/h1-4H,(H,9,10)(H,11,12);. The van der Waals surface area contributed by atoms with E-state index in [2.05, 4.69) is 0 Å². The number of benzene rings is 1. The van der Waals surface area contributed by atoms with Gasteiger partial charge in [0.15, 0.2) is 0 Å². The number of aromatic carboxylic acids is 2. The summed E-state index contributed by atoms with van der Waals surface area (Å²) in [6.45, 7) is 0. The van der Waals surface area contributed by atoms with Gasteiger partial charge in [0.05, 0.1) is 11.1 Å². The third kappa shape index (κ3) is 2.62. The number of hydrogen-bond donors (Lipinski definition) is 2. The van der Waals surface area contributed by atoms with Crippen molar-refractivity contribution in [2.24, 2.45) is 0 Å². The number of carboxylic acid groups (broad SMARTS) is 2. The first-order valence-corrected chi connectivity index (χ1v) is 3.18. The Morgan fingerprint density at radius 3 is 1.46 bits per heavy atom. The molecule has 0 saturated carbocycles. The first kappa shape index (κ1) is 11.8. The first-order valence-electron chi connectivity index (χ1n) is 3.18. The molecule has 0 amide bonds. The van der Waals surface area contributed by atoms with Gasteiger partial charge in [-0.3, -0.25) is 0 Å². The van der Waals surface area contributed by atoms with Crippen LogP contribution in [0.4, 0.5) is 0 Å². The maximum atomic E-state index is 10.5. The molecule has 0 heterocycles. The van der Waals surface area contributed by atoms with Gasteiger partial charge in [-0.2, -0.15) is 0 Å². The van der Waals surface area contributed by atoms with E-state index in [1.54, 1.807) is 0 Å². The molecule has 0 aliphatic heterocycles. The van der Waals surface area contributed by atoms with E-state index in [1.807, 2.05) is 0 Å². The predicted molar refractivity (Wildman–Crippen MR) is 46.1 cm³/mol. The largest absolute Gasteiger partial charge is 0.478 e. The van der Waals surface area contributed by atoms with Gasteiger partial charge in [0.25, 0.3) is 0 Å². The summed E-state index contributed by atoms with van der Waals surface area (Å²) < 4.78 is 0. The van der Waals surface area contributed by atoms with Crippen molar-refractivity contribution in [2.75, 3.05) is 0 Å². The quantitative estimate of drug-likeness (QED) is 0.645. The summed E-state index contributed by atoms with van der Waals surface area (Å²) in [6, 6.07) is 5.48. The van der Waals surface area contributed by atoms with Crippen LogP contribution in [0, 0.1) is 0 Å². The minimum absolute atomic E-state index is 0. The molecule has 2 N–H and O–H groups in total. The van der Waals surface area contributed by atoms with E-state index in [0.29, 0.717) is 0 Å². The van der Waals surface area contributed by atoms with Crippen LogP contribution in [0.5, 0.6) is 0 Å². The van der Waals surface area contributed by atoms with Gasteiger partial charge in [-0.25, -0.2) is 9.59 Å². The molecule has 0 bridgehead atoms. The smallest absolute Gasteiger partial charge is 0.336 e. The van der Waals surface area contributed by atoms with E-state index in [9.17, 15) is 9.59 Å². The average Bonchev–Trinajstić information content (AvgIpc) is 2.04. The molecule has 1 radical (unpaired) electrons. The molecule has 4 nitrogen and oxygen atoms in total. The van der Waals surface area contributed by atoms with Gasteiger partial charge < -0.3 is 10.2 Å². The van der Waals surface area contributed by atoms with Crippen molar-refractivity contribution in [1.82, 2.24) is 0 Å². The number of carboxylic acids is 2. The Kier molecular flexibility index (Phi) is 4.25. The molecule has 0 unspecified atom stereocenters. The van der Waals surface area contributed by atoms with Crippen molar-refractivity contribution in [3.63, 3.8) is 0 Å². The molecular weight excluding hydrogens is 167 g/mol. The molecule has 0 aliphatic carbocycles. The zero-order chi connectivity index (χ0) is 9.14. The van der Waals surface area contributed by atoms with Gasteiger partial charge in [-0.15, -0.1) is 0 Å². The van der Waals surface area contributed by atoms with Crippen molar-refractivity contribution < 1.29 is 19.8 Å². The van der Waals surface area contributed by atoms with Crippen LogP contribution in [0.3, 0.4) is 0 Å². The predicted octanol–water partition coefficient (Wildman–Crippen LogP) is 0.702. The third-order valence-electron chi connectivity index (χ3n) is 1.39. The zero-order valence-corrected chi connectivity index (χ0v) is 7.02. The van der Waals surface area contributed by atoms with E-state index in [4.69, 9.17) is 10.2 Å². The Morgan fingerprint density at radius 1 is 0.923 bits per heavy atom. The minimum atomic E-state index is -1.23. The molecule has 1 rings (SSSR count). The summed E-state index contributed by atoms with van der Waals surface area (Å²) in [6.07, 6.45) is 0. The van der Waals surface area contributed by atoms with Crippen LogP contribution in [0.2, 0.25) is 0 Å². The fraction of sp³-hybridized carbons (Fsp3) is 0. The van der Waals surface area contributed by atoms with Crippen LogP contribution in [0.1, 0.15) is 20.7 Å². The number of rotatable bonds is 2. The summed E-state index contributed by atoms with van der Waals surface area (Å²) in [4.78, 5) is 20.9. The molecule has 0 spiro atoms. The minimum Gasteiger partial charge on any atom is -0.478 e. The molecule has 0 aromatic heterocycles. The summed E-state index contributed by atoms with van der Waals surface area (Å²) in [5.41, 5.74) is -0.380. The summed E-state index contributed by atoms with van der Waals surface area (Å²) in [5.74, 6) is -2.46. The van der Waals surface area contributed by atoms with Crippen LogP contribution in [-0.2, 0) is 0 Å². The van der Waals surface area contributed by atoms with Crippen molar-refractivity contribution in [3.05, 3.63) is 35.4 Å². The maximum Gasteiger partial charge on any atom is 0.336 e. The normalized spacial score (nSPS) is 8.62. The molecule has 0 fully saturated rings. The van der Waals surface area contributed by atoms with E-state index < -0.39 is 11.9 Å². The summed E-state index contributed by atoms with van der Waals surface area (Å²) in [7, 11) is 0. The van der Waals surface area contributed by atoms with Crippen molar-refractivity contribution in [2.45, 2.75) is 0 Å². The molecule has 0 atom stereocenters. The second-order valence-electron chi connectivity index (χ2n) is 2.16. The van der Waals surface area contributed by atoms with Gasteiger partial charge in [-0.1, -0.05) is 12.1 Å². The van der Waals surface area contributed by atoms with Gasteiger partial charge in [0.1, 0.15) is 0 Å². The van der Waals surface area contributed by atoms with Gasteiger partial charge in [-0.05, 0) is 12.1 Å². The van der Waals surface area contributed by atoms with Crippen LogP contribution in [-0.4, -0.2) is 41.0 Å². The molecule has 0 aliphatic rings. The van der Waals surface area contributed by atoms with Crippen LogP contribution in [0.15, 0.2) is 24.3 Å². The van der Waals surface area contributed by atoms with E-state index in [0.717, 1.165) is 0 Å². The van der Waals surface area contributed by atoms with Crippen molar-refractivity contribution >= 4 is 30.8 Å². The third-order valence-corrected chi connectivity index (χ3v) is 1.39. The van der Waals surface area contributed by atoms with Crippen LogP contribution >= 0.6 is 0 Å². The second-order valence-corrected chi connectivity index (χ2v) is 2.16. The molecule has 1 aromatic carbocycles. The average molecular weight is 173 g/mol. The van der Waals surface area contributed by atoms with Gasteiger partial charge >= 0.3 is 11.9 Å². The van der Waals surface area contributed by atoms with Gasteiger partial charge in [0, 0.05) is 18.9 Å². The van der Waals surface area contributed by atoms with Crippen molar-refractivity contribution in [1.29, 1.82) is 0 Å². The molecule has 1 aromatic rings. The Balaban J connectivity index is 0.00000144. The second kappa shape index (κ2) is 4.70. The Labute approximate surface area is 86.4 Å². The first-order chi connectivity index (χ1) is 5.63. The van der Waals surface area contributed by atoms with Crippen LogP contribution < -0.4 is 0 Å². The number of hydrogen-bond acceptors (Lipinski definition) is 2. The molecule has 63 valence electrons. The summed E-state index contributed by atoms with van der Waals surface area (Å²) >= 11 is 0. The molecule has 13 heavy (non-hydrogen) atoms. The topological polar surface area (TPSA) is 74.6 Å². The zero-order valence-electron chi connectivity index (χ0n) is 7.02. The van der Waals surface area contributed by atoms with E-state index >= 15 is 0 Å². The Morgan fingerprint density at radius 2 is 1.23 bits per heavy atom.